The summed E-state index contributed by atoms with van der Waals surface area (Å²) in [5.74, 6) is 0.477. The number of rotatable bonds is 7. The minimum absolute atomic E-state index is 0.270. The van der Waals surface area contributed by atoms with Crippen LogP contribution in [0.3, 0.4) is 0 Å². The molecule has 0 fully saturated rings. The predicted octanol–water partition coefficient (Wildman–Crippen LogP) is 3.92. The van der Waals surface area contributed by atoms with Crippen LogP contribution in [-0.4, -0.2) is 29.3 Å². The molecule has 0 atom stereocenters. The third-order valence-corrected chi connectivity index (χ3v) is 3.58. The number of hydrogen-bond donors (Lipinski definition) is 1. The lowest BCUT2D eigenvalue weighted by Crippen LogP contribution is -2.10. The molecule has 0 saturated carbocycles. The quantitative estimate of drug-likeness (QED) is 0.765. The summed E-state index contributed by atoms with van der Waals surface area (Å²) >= 11 is 3.39. The van der Waals surface area contributed by atoms with E-state index < -0.39 is 0 Å². The molecular formula is C15H19BrFN3O. The molecule has 0 aliphatic heterocycles. The minimum Gasteiger partial charge on any atom is -0.382 e. The van der Waals surface area contributed by atoms with Gasteiger partial charge in [-0.15, -0.1) is 0 Å². The van der Waals surface area contributed by atoms with E-state index in [0.29, 0.717) is 4.47 Å². The topological polar surface area (TPSA) is 39.1 Å². The number of benzene rings is 1. The Morgan fingerprint density at radius 3 is 2.95 bits per heavy atom. The van der Waals surface area contributed by atoms with Crippen molar-refractivity contribution in [2.24, 2.45) is 0 Å². The van der Waals surface area contributed by atoms with Crippen LogP contribution in [0.15, 0.2) is 28.9 Å². The summed E-state index contributed by atoms with van der Waals surface area (Å²) in [6, 6.07) is 4.61. The highest BCUT2D eigenvalue weighted by atomic mass is 79.9. The summed E-state index contributed by atoms with van der Waals surface area (Å²) in [5.41, 5.74) is 1.75. The Morgan fingerprint density at radius 1 is 1.43 bits per heavy atom. The Morgan fingerprint density at radius 2 is 2.24 bits per heavy atom. The van der Waals surface area contributed by atoms with Crippen LogP contribution in [0.25, 0.3) is 5.69 Å². The molecule has 0 aliphatic carbocycles. The first kappa shape index (κ1) is 16.0. The Bertz CT molecular complexity index is 601. The van der Waals surface area contributed by atoms with Gasteiger partial charge in [-0.25, -0.2) is 9.37 Å². The Kier molecular flexibility index (Phi) is 5.76. The van der Waals surface area contributed by atoms with Crippen LogP contribution < -0.4 is 5.32 Å². The monoisotopic (exact) mass is 355 g/mol. The average molecular weight is 356 g/mol. The second-order valence-corrected chi connectivity index (χ2v) is 5.50. The zero-order valence-electron chi connectivity index (χ0n) is 12.2. The summed E-state index contributed by atoms with van der Waals surface area (Å²) in [6.45, 7) is 6.14. The number of hydrogen-bond acceptors (Lipinski definition) is 3. The van der Waals surface area contributed by atoms with Crippen LogP contribution in [0.5, 0.6) is 0 Å². The summed E-state index contributed by atoms with van der Waals surface area (Å²) in [4.78, 5) is 4.46. The molecule has 0 radical (unpaired) electrons. The SMILES string of the molecule is CCOCCCNc1nc(C)cn1-c1ccc(F)cc1Br. The lowest BCUT2D eigenvalue weighted by Gasteiger charge is -2.11. The number of anilines is 1. The van der Waals surface area contributed by atoms with E-state index in [1.54, 1.807) is 6.07 Å². The first-order valence-corrected chi connectivity index (χ1v) is 7.74. The smallest absolute Gasteiger partial charge is 0.207 e. The van der Waals surface area contributed by atoms with Crippen molar-refractivity contribution in [2.45, 2.75) is 20.3 Å². The zero-order valence-corrected chi connectivity index (χ0v) is 13.8. The molecule has 2 aromatic rings. The van der Waals surface area contributed by atoms with Crippen LogP contribution in [0.2, 0.25) is 0 Å². The number of halogens is 2. The molecule has 2 rings (SSSR count). The van der Waals surface area contributed by atoms with Crippen molar-refractivity contribution in [1.29, 1.82) is 0 Å². The average Bonchev–Trinajstić information content (AvgIpc) is 2.79. The summed E-state index contributed by atoms with van der Waals surface area (Å²) in [5, 5.41) is 3.29. The number of ether oxygens (including phenoxy) is 1. The van der Waals surface area contributed by atoms with Crippen LogP contribution in [0, 0.1) is 12.7 Å². The number of nitrogens with one attached hydrogen (secondary N) is 1. The largest absolute Gasteiger partial charge is 0.382 e. The molecule has 21 heavy (non-hydrogen) atoms. The van der Waals surface area contributed by atoms with Crippen molar-refractivity contribution in [2.75, 3.05) is 25.1 Å². The van der Waals surface area contributed by atoms with E-state index >= 15 is 0 Å². The third-order valence-electron chi connectivity index (χ3n) is 2.95. The normalized spacial score (nSPS) is 10.9. The molecule has 6 heteroatoms. The maximum absolute atomic E-state index is 13.2. The van der Waals surface area contributed by atoms with E-state index in [0.717, 1.165) is 43.5 Å². The number of imidazole rings is 1. The summed E-state index contributed by atoms with van der Waals surface area (Å²) in [6.07, 6.45) is 2.83. The molecule has 0 bridgehead atoms. The van der Waals surface area contributed by atoms with Crippen molar-refractivity contribution < 1.29 is 9.13 Å². The maximum atomic E-state index is 13.2. The summed E-state index contributed by atoms with van der Waals surface area (Å²) < 4.78 is 21.1. The molecular weight excluding hydrogens is 337 g/mol. The van der Waals surface area contributed by atoms with E-state index in [1.165, 1.54) is 12.1 Å². The number of nitrogens with zero attached hydrogens (tertiary/aromatic N) is 2. The van der Waals surface area contributed by atoms with Gasteiger partial charge in [0.2, 0.25) is 5.95 Å². The Balaban J connectivity index is 2.13. The Hall–Kier alpha value is -1.40. The standard InChI is InChI=1S/C15H19BrFN3O/c1-3-21-8-4-7-18-15-19-11(2)10-20(15)14-6-5-12(17)9-13(14)16/h5-6,9-10H,3-4,7-8H2,1-2H3,(H,18,19). The van der Waals surface area contributed by atoms with Crippen molar-refractivity contribution in [3.05, 3.63) is 40.4 Å². The van der Waals surface area contributed by atoms with Gasteiger partial charge >= 0.3 is 0 Å². The highest BCUT2D eigenvalue weighted by Gasteiger charge is 2.10. The molecule has 114 valence electrons. The molecule has 0 amide bonds. The van der Waals surface area contributed by atoms with Gasteiger partial charge in [-0.05, 0) is 54.4 Å². The van der Waals surface area contributed by atoms with Gasteiger partial charge in [-0.1, -0.05) is 0 Å². The molecule has 1 aromatic carbocycles. The molecule has 1 heterocycles. The van der Waals surface area contributed by atoms with Gasteiger partial charge < -0.3 is 10.1 Å². The van der Waals surface area contributed by atoms with Crippen molar-refractivity contribution in [1.82, 2.24) is 9.55 Å². The van der Waals surface area contributed by atoms with Gasteiger partial charge in [0.25, 0.3) is 0 Å². The second-order valence-electron chi connectivity index (χ2n) is 4.65. The fourth-order valence-corrected chi connectivity index (χ4v) is 2.54. The maximum Gasteiger partial charge on any atom is 0.207 e. The predicted molar refractivity (Wildman–Crippen MR) is 85.6 cm³/mol. The number of aryl methyl sites for hydroxylation is 1. The van der Waals surface area contributed by atoms with Gasteiger partial charge in [0.15, 0.2) is 0 Å². The van der Waals surface area contributed by atoms with E-state index in [9.17, 15) is 4.39 Å². The molecule has 0 unspecified atom stereocenters. The molecule has 0 aliphatic rings. The van der Waals surface area contributed by atoms with E-state index in [-0.39, 0.29) is 5.82 Å². The molecule has 0 spiro atoms. The van der Waals surface area contributed by atoms with Crippen molar-refractivity contribution in [3.63, 3.8) is 0 Å². The third kappa shape index (κ3) is 4.28. The molecule has 1 N–H and O–H groups in total. The fourth-order valence-electron chi connectivity index (χ4n) is 2.00. The van der Waals surface area contributed by atoms with Crippen LogP contribution in [-0.2, 0) is 4.74 Å². The van der Waals surface area contributed by atoms with Crippen molar-refractivity contribution in [3.8, 4) is 5.69 Å². The van der Waals surface area contributed by atoms with Crippen molar-refractivity contribution >= 4 is 21.9 Å². The molecule has 0 saturated heterocycles. The van der Waals surface area contributed by atoms with E-state index in [1.807, 2.05) is 24.6 Å². The molecule has 4 nitrogen and oxygen atoms in total. The fraction of sp³-hybridized carbons (Fsp3) is 0.400. The lowest BCUT2D eigenvalue weighted by molar-refractivity contribution is 0.147. The lowest BCUT2D eigenvalue weighted by atomic mass is 10.3. The van der Waals surface area contributed by atoms with E-state index in [2.05, 4.69) is 26.2 Å². The van der Waals surface area contributed by atoms with Crippen LogP contribution in [0.1, 0.15) is 19.0 Å². The van der Waals surface area contributed by atoms with Crippen LogP contribution in [0.4, 0.5) is 10.3 Å². The van der Waals surface area contributed by atoms with Gasteiger partial charge in [0.05, 0.1) is 11.4 Å². The highest BCUT2D eigenvalue weighted by molar-refractivity contribution is 9.10. The van der Waals surface area contributed by atoms with Gasteiger partial charge in [0, 0.05) is 30.4 Å². The Labute approximate surface area is 132 Å². The van der Waals surface area contributed by atoms with Gasteiger partial charge in [-0.3, -0.25) is 4.57 Å². The minimum atomic E-state index is -0.270. The first-order chi connectivity index (χ1) is 10.1. The zero-order chi connectivity index (χ0) is 15.2. The number of aromatic nitrogens is 2. The van der Waals surface area contributed by atoms with Gasteiger partial charge in [-0.2, -0.15) is 0 Å². The highest BCUT2D eigenvalue weighted by Crippen LogP contribution is 2.25. The summed E-state index contributed by atoms with van der Waals surface area (Å²) in [7, 11) is 0. The van der Waals surface area contributed by atoms with E-state index in [4.69, 9.17) is 4.74 Å². The van der Waals surface area contributed by atoms with Crippen LogP contribution >= 0.6 is 15.9 Å². The van der Waals surface area contributed by atoms with Gasteiger partial charge in [0.1, 0.15) is 5.82 Å². The second kappa shape index (κ2) is 7.56. The first-order valence-electron chi connectivity index (χ1n) is 6.95. The molecule has 1 aromatic heterocycles.